The average Bonchev–Trinajstić information content (AvgIpc) is 2.69. The Bertz CT molecular complexity index is 988. The van der Waals surface area contributed by atoms with Gasteiger partial charge in [0.1, 0.15) is 5.57 Å². The number of rotatable bonds is 6. The van der Waals surface area contributed by atoms with Crippen molar-refractivity contribution in [3.8, 4) is 11.5 Å². The predicted octanol–water partition coefficient (Wildman–Crippen LogP) is 3.76. The monoisotopic (exact) mass is 506 g/mol. The molecule has 0 radical (unpaired) electrons. The van der Waals surface area contributed by atoms with Crippen LogP contribution in [-0.2, 0) is 9.59 Å². The molecule has 8 heteroatoms. The molecule has 2 aromatic rings. The summed E-state index contributed by atoms with van der Waals surface area (Å²) >= 11 is 2.11. The third-order valence-electron chi connectivity index (χ3n) is 4.05. The summed E-state index contributed by atoms with van der Waals surface area (Å²) in [5.41, 5.74) is 0.822. The highest BCUT2D eigenvalue weighted by molar-refractivity contribution is 14.1. The predicted molar refractivity (Wildman–Crippen MR) is 117 cm³/mol. The average molecular weight is 506 g/mol. The number of anilines is 1. The van der Waals surface area contributed by atoms with Crippen LogP contribution in [0.5, 0.6) is 11.5 Å². The standard InChI is InChI=1S/C21H19IN2O5/c1-3-28-17-12-13(11-16(22)18(17)29-4-2)10-15-19(25)23-21(27)24(20(15)26)14-8-6-5-7-9-14/h5-12H,3-4H2,1-2H3,(H,23,25,27)/b15-10+. The highest BCUT2D eigenvalue weighted by Crippen LogP contribution is 2.35. The molecule has 0 spiro atoms. The zero-order chi connectivity index (χ0) is 21.0. The molecule has 1 heterocycles. The molecule has 29 heavy (non-hydrogen) atoms. The maximum atomic E-state index is 12.9. The summed E-state index contributed by atoms with van der Waals surface area (Å²) in [5, 5.41) is 2.22. The molecule has 1 saturated heterocycles. The molecule has 7 nitrogen and oxygen atoms in total. The largest absolute Gasteiger partial charge is 0.490 e. The number of hydrogen-bond acceptors (Lipinski definition) is 5. The van der Waals surface area contributed by atoms with E-state index in [9.17, 15) is 14.4 Å². The molecule has 150 valence electrons. The van der Waals surface area contributed by atoms with E-state index in [1.165, 1.54) is 6.08 Å². The fourth-order valence-electron chi connectivity index (χ4n) is 2.85. The highest BCUT2D eigenvalue weighted by Gasteiger charge is 2.36. The van der Waals surface area contributed by atoms with Gasteiger partial charge in [-0.3, -0.25) is 14.9 Å². The number of para-hydroxylation sites is 1. The fraction of sp³-hybridized carbons (Fsp3) is 0.190. The van der Waals surface area contributed by atoms with Crippen molar-refractivity contribution in [2.75, 3.05) is 18.1 Å². The number of amides is 4. The first kappa shape index (κ1) is 20.8. The van der Waals surface area contributed by atoms with Gasteiger partial charge in [-0.2, -0.15) is 0 Å². The van der Waals surface area contributed by atoms with Gasteiger partial charge in [-0.15, -0.1) is 0 Å². The molecule has 0 bridgehead atoms. The number of nitrogens with zero attached hydrogens (tertiary/aromatic N) is 1. The first-order chi connectivity index (χ1) is 14.0. The molecular weight excluding hydrogens is 487 g/mol. The van der Waals surface area contributed by atoms with Crippen LogP contribution in [-0.4, -0.2) is 31.1 Å². The second-order valence-corrected chi connectivity index (χ2v) is 7.15. The van der Waals surface area contributed by atoms with Crippen molar-refractivity contribution in [1.29, 1.82) is 0 Å². The van der Waals surface area contributed by atoms with E-state index >= 15 is 0 Å². The second-order valence-electron chi connectivity index (χ2n) is 5.99. The van der Waals surface area contributed by atoms with Gasteiger partial charge in [-0.05, 0) is 72.3 Å². The van der Waals surface area contributed by atoms with Crippen LogP contribution < -0.4 is 19.7 Å². The highest BCUT2D eigenvalue weighted by atomic mass is 127. The van der Waals surface area contributed by atoms with Crippen molar-refractivity contribution < 1.29 is 23.9 Å². The lowest BCUT2D eigenvalue weighted by Crippen LogP contribution is -2.54. The van der Waals surface area contributed by atoms with E-state index in [-0.39, 0.29) is 5.57 Å². The molecule has 0 saturated carbocycles. The Balaban J connectivity index is 2.03. The van der Waals surface area contributed by atoms with Gasteiger partial charge >= 0.3 is 6.03 Å². The molecule has 0 aromatic heterocycles. The van der Waals surface area contributed by atoms with Crippen LogP contribution in [0.1, 0.15) is 19.4 Å². The first-order valence-corrected chi connectivity index (χ1v) is 10.1. The van der Waals surface area contributed by atoms with Gasteiger partial charge in [-0.25, -0.2) is 9.69 Å². The molecule has 0 unspecified atom stereocenters. The number of nitrogens with one attached hydrogen (secondary N) is 1. The number of barbiturate groups is 1. The first-order valence-electron chi connectivity index (χ1n) is 9.01. The normalized spacial score (nSPS) is 15.5. The Morgan fingerprint density at radius 3 is 2.38 bits per heavy atom. The number of imide groups is 2. The van der Waals surface area contributed by atoms with E-state index in [0.717, 1.165) is 8.47 Å². The van der Waals surface area contributed by atoms with Crippen LogP contribution in [0.4, 0.5) is 10.5 Å². The Morgan fingerprint density at radius 1 is 1.03 bits per heavy atom. The van der Waals surface area contributed by atoms with Crippen LogP contribution in [0.2, 0.25) is 0 Å². The summed E-state index contributed by atoms with van der Waals surface area (Å²) in [6.07, 6.45) is 1.44. The minimum atomic E-state index is -0.778. The minimum absolute atomic E-state index is 0.143. The third kappa shape index (κ3) is 4.42. The SMILES string of the molecule is CCOc1cc(/C=C2\C(=O)NC(=O)N(c3ccccc3)C2=O)cc(I)c1OCC. The van der Waals surface area contributed by atoms with Crippen LogP contribution in [0, 0.1) is 3.57 Å². The Morgan fingerprint density at radius 2 is 1.72 bits per heavy atom. The fourth-order valence-corrected chi connectivity index (χ4v) is 3.64. The summed E-state index contributed by atoms with van der Waals surface area (Å²) in [4.78, 5) is 38.5. The lowest BCUT2D eigenvalue weighted by atomic mass is 10.1. The number of carbonyl (C=O) groups excluding carboxylic acids is 3. The molecule has 4 amide bonds. The maximum Gasteiger partial charge on any atom is 0.335 e. The Kier molecular flexibility index (Phi) is 6.53. The van der Waals surface area contributed by atoms with Crippen LogP contribution in [0.3, 0.4) is 0 Å². The van der Waals surface area contributed by atoms with Gasteiger partial charge in [0, 0.05) is 0 Å². The number of benzene rings is 2. The van der Waals surface area contributed by atoms with E-state index in [1.54, 1.807) is 42.5 Å². The van der Waals surface area contributed by atoms with E-state index < -0.39 is 17.8 Å². The maximum absolute atomic E-state index is 12.9. The number of ether oxygens (including phenoxy) is 2. The van der Waals surface area contributed by atoms with Crippen LogP contribution in [0.25, 0.3) is 6.08 Å². The number of carbonyl (C=O) groups is 3. The van der Waals surface area contributed by atoms with Crippen LogP contribution in [0.15, 0.2) is 48.0 Å². The van der Waals surface area contributed by atoms with Gasteiger partial charge in [0.2, 0.25) is 0 Å². The van der Waals surface area contributed by atoms with Crippen molar-refractivity contribution >= 4 is 52.2 Å². The van der Waals surface area contributed by atoms with Gasteiger partial charge in [0.15, 0.2) is 11.5 Å². The Hall–Kier alpha value is -2.88. The quantitative estimate of drug-likeness (QED) is 0.367. The summed E-state index contributed by atoms with van der Waals surface area (Å²) < 4.78 is 12.1. The summed E-state index contributed by atoms with van der Waals surface area (Å²) in [5.74, 6) is -0.300. The molecule has 3 rings (SSSR count). The van der Waals surface area contributed by atoms with E-state index in [1.807, 2.05) is 13.8 Å². The Labute approximate surface area is 181 Å². The van der Waals surface area contributed by atoms with Crippen molar-refractivity contribution in [2.24, 2.45) is 0 Å². The molecule has 0 atom stereocenters. The number of halogens is 1. The summed E-state index contributed by atoms with van der Waals surface area (Å²) in [6.45, 7) is 4.65. The van der Waals surface area contributed by atoms with Crippen molar-refractivity contribution in [3.63, 3.8) is 0 Å². The molecule has 2 aromatic carbocycles. The topological polar surface area (TPSA) is 84.9 Å². The van der Waals surface area contributed by atoms with Gasteiger partial charge in [0.05, 0.1) is 22.5 Å². The van der Waals surface area contributed by atoms with E-state index in [4.69, 9.17) is 9.47 Å². The molecule has 1 fully saturated rings. The molecule has 0 aliphatic carbocycles. The van der Waals surface area contributed by atoms with Gasteiger partial charge < -0.3 is 9.47 Å². The van der Waals surface area contributed by atoms with E-state index in [2.05, 4.69) is 27.9 Å². The smallest absolute Gasteiger partial charge is 0.335 e. The second kappa shape index (κ2) is 9.08. The van der Waals surface area contributed by atoms with Crippen molar-refractivity contribution in [2.45, 2.75) is 13.8 Å². The van der Waals surface area contributed by atoms with Crippen LogP contribution >= 0.6 is 22.6 Å². The molecule has 1 N–H and O–H groups in total. The van der Waals surface area contributed by atoms with Gasteiger partial charge in [-0.1, -0.05) is 18.2 Å². The molecule has 1 aliphatic heterocycles. The number of urea groups is 1. The van der Waals surface area contributed by atoms with E-state index in [0.29, 0.717) is 36.0 Å². The minimum Gasteiger partial charge on any atom is -0.490 e. The number of hydrogen-bond donors (Lipinski definition) is 1. The zero-order valence-corrected chi connectivity index (χ0v) is 18.1. The van der Waals surface area contributed by atoms with Gasteiger partial charge in [0.25, 0.3) is 11.8 Å². The third-order valence-corrected chi connectivity index (χ3v) is 4.85. The lowest BCUT2D eigenvalue weighted by molar-refractivity contribution is -0.122. The molecule has 1 aliphatic rings. The lowest BCUT2D eigenvalue weighted by Gasteiger charge is -2.26. The summed E-state index contributed by atoms with van der Waals surface area (Å²) in [7, 11) is 0. The molecular formula is C21H19IN2O5. The zero-order valence-electron chi connectivity index (χ0n) is 15.9. The van der Waals surface area contributed by atoms with Crippen molar-refractivity contribution in [1.82, 2.24) is 5.32 Å². The van der Waals surface area contributed by atoms with Crippen molar-refractivity contribution in [3.05, 3.63) is 57.2 Å². The summed E-state index contributed by atoms with van der Waals surface area (Å²) in [6, 6.07) is 11.1.